The number of rotatable bonds is 3. The molecule has 0 spiro atoms. The minimum atomic E-state index is -0.00139. The predicted octanol–water partition coefficient (Wildman–Crippen LogP) is 3.97. The van der Waals surface area contributed by atoms with E-state index in [9.17, 15) is 0 Å². The van der Waals surface area contributed by atoms with Crippen LogP contribution < -0.4 is 5.73 Å². The number of para-hydroxylation sites is 1. The molecule has 2 heteroatoms. The second kappa shape index (κ2) is 4.68. The highest BCUT2D eigenvalue weighted by molar-refractivity contribution is 5.82. The molecule has 2 N–H and O–H groups in total. The van der Waals surface area contributed by atoms with E-state index in [1.165, 1.54) is 5.56 Å². The largest absolute Gasteiger partial charge is 0.323 e. The van der Waals surface area contributed by atoms with Gasteiger partial charge < -0.3 is 5.73 Å². The Morgan fingerprint density at radius 3 is 2.43 bits per heavy atom. The summed E-state index contributed by atoms with van der Waals surface area (Å²) in [6.07, 6.45) is 4.16. The molecule has 1 unspecified atom stereocenters. The van der Waals surface area contributed by atoms with Crippen LogP contribution in [0.1, 0.15) is 30.0 Å². The maximum atomic E-state index is 6.69. The highest BCUT2D eigenvalue weighted by Crippen LogP contribution is 2.56. The molecule has 21 heavy (non-hydrogen) atoms. The van der Waals surface area contributed by atoms with Crippen LogP contribution in [0, 0.1) is 0 Å². The molecule has 0 amide bonds. The summed E-state index contributed by atoms with van der Waals surface area (Å²) < 4.78 is 0. The van der Waals surface area contributed by atoms with Crippen LogP contribution in [0.4, 0.5) is 0 Å². The number of nitrogens with two attached hydrogens (primary N) is 1. The highest BCUT2D eigenvalue weighted by Gasteiger charge is 2.50. The van der Waals surface area contributed by atoms with E-state index in [0.717, 1.165) is 29.3 Å². The van der Waals surface area contributed by atoms with E-state index in [1.807, 2.05) is 12.3 Å². The second-order valence-electron chi connectivity index (χ2n) is 5.92. The molecular weight excluding hydrogens is 256 g/mol. The summed E-state index contributed by atoms with van der Waals surface area (Å²) in [5.74, 6) is 0. The smallest absolute Gasteiger partial charge is 0.0749 e. The number of hydrogen-bond donors (Lipinski definition) is 1. The van der Waals surface area contributed by atoms with E-state index in [1.54, 1.807) is 0 Å². The predicted molar refractivity (Wildman–Crippen MR) is 86.0 cm³/mol. The number of aromatic nitrogens is 1. The first-order chi connectivity index (χ1) is 10.3. The molecule has 0 saturated heterocycles. The lowest BCUT2D eigenvalue weighted by Crippen LogP contribution is -2.26. The Labute approximate surface area is 124 Å². The molecule has 4 rings (SSSR count). The SMILES string of the molecule is NC(c1cccc2cccnc12)C1(c2ccccc2)CC1. The monoisotopic (exact) mass is 274 g/mol. The standard InChI is InChI=1S/C19H18N2/c20-18(19(11-12-19)15-8-2-1-3-9-15)16-10-4-6-14-7-5-13-21-17(14)16/h1-10,13,18H,11-12,20H2. The van der Waals surface area contributed by atoms with E-state index in [4.69, 9.17) is 5.73 Å². The third kappa shape index (κ3) is 1.95. The number of pyridine rings is 1. The summed E-state index contributed by atoms with van der Waals surface area (Å²) in [6.45, 7) is 0. The maximum absolute atomic E-state index is 6.69. The summed E-state index contributed by atoms with van der Waals surface area (Å²) in [7, 11) is 0. The summed E-state index contributed by atoms with van der Waals surface area (Å²) in [6, 6.07) is 21.0. The van der Waals surface area contributed by atoms with Gasteiger partial charge in [0.05, 0.1) is 5.52 Å². The molecule has 1 aromatic heterocycles. The molecule has 0 radical (unpaired) electrons. The van der Waals surface area contributed by atoms with Gasteiger partial charge in [-0.3, -0.25) is 4.98 Å². The molecule has 1 aliphatic rings. The molecular formula is C19H18N2. The van der Waals surface area contributed by atoms with Gasteiger partial charge in [0.2, 0.25) is 0 Å². The molecule has 2 aromatic carbocycles. The third-order valence-corrected chi connectivity index (χ3v) is 4.73. The van der Waals surface area contributed by atoms with Gasteiger partial charge in [-0.05, 0) is 30.0 Å². The van der Waals surface area contributed by atoms with Crippen molar-refractivity contribution in [2.45, 2.75) is 24.3 Å². The zero-order valence-electron chi connectivity index (χ0n) is 11.9. The van der Waals surface area contributed by atoms with Crippen LogP contribution in [0.5, 0.6) is 0 Å². The van der Waals surface area contributed by atoms with Gasteiger partial charge in [-0.15, -0.1) is 0 Å². The minimum Gasteiger partial charge on any atom is -0.323 e. The molecule has 2 nitrogen and oxygen atoms in total. The quantitative estimate of drug-likeness (QED) is 0.785. The maximum Gasteiger partial charge on any atom is 0.0749 e. The molecule has 1 fully saturated rings. The van der Waals surface area contributed by atoms with Crippen molar-refractivity contribution in [3.8, 4) is 0 Å². The van der Waals surface area contributed by atoms with E-state index in [2.05, 4.69) is 59.6 Å². The average Bonchev–Trinajstić information content (AvgIpc) is 3.36. The first-order valence-corrected chi connectivity index (χ1v) is 7.46. The lowest BCUT2D eigenvalue weighted by atomic mass is 9.84. The van der Waals surface area contributed by atoms with Crippen LogP contribution in [0.25, 0.3) is 10.9 Å². The summed E-state index contributed by atoms with van der Waals surface area (Å²) in [4.78, 5) is 4.56. The van der Waals surface area contributed by atoms with Crippen molar-refractivity contribution in [2.75, 3.05) is 0 Å². The summed E-state index contributed by atoms with van der Waals surface area (Å²) in [5, 5.41) is 1.16. The molecule has 0 aliphatic heterocycles. The Kier molecular flexibility index (Phi) is 2.79. The Hall–Kier alpha value is -2.19. The number of benzene rings is 2. The Bertz CT molecular complexity index is 770. The fourth-order valence-electron chi connectivity index (χ4n) is 3.36. The fourth-order valence-corrected chi connectivity index (χ4v) is 3.36. The Morgan fingerprint density at radius 2 is 1.67 bits per heavy atom. The molecule has 1 atom stereocenters. The van der Waals surface area contributed by atoms with Crippen molar-refractivity contribution in [3.63, 3.8) is 0 Å². The minimum absolute atomic E-state index is 0.00139. The van der Waals surface area contributed by atoms with E-state index in [-0.39, 0.29) is 11.5 Å². The lowest BCUT2D eigenvalue weighted by molar-refractivity contribution is 0.544. The first-order valence-electron chi connectivity index (χ1n) is 7.46. The van der Waals surface area contributed by atoms with Crippen LogP contribution in [-0.4, -0.2) is 4.98 Å². The van der Waals surface area contributed by atoms with E-state index >= 15 is 0 Å². The number of nitrogens with zero attached hydrogens (tertiary/aromatic N) is 1. The summed E-state index contributed by atoms with van der Waals surface area (Å²) >= 11 is 0. The van der Waals surface area contributed by atoms with Crippen molar-refractivity contribution >= 4 is 10.9 Å². The van der Waals surface area contributed by atoms with Gasteiger partial charge in [0, 0.05) is 23.0 Å². The van der Waals surface area contributed by atoms with Gasteiger partial charge in [0.25, 0.3) is 0 Å². The third-order valence-electron chi connectivity index (χ3n) is 4.73. The van der Waals surface area contributed by atoms with Crippen LogP contribution in [0.3, 0.4) is 0 Å². The van der Waals surface area contributed by atoms with Crippen LogP contribution in [0.15, 0.2) is 66.9 Å². The van der Waals surface area contributed by atoms with E-state index < -0.39 is 0 Å². The second-order valence-corrected chi connectivity index (χ2v) is 5.92. The molecule has 3 aromatic rings. The van der Waals surface area contributed by atoms with Crippen LogP contribution >= 0.6 is 0 Å². The molecule has 1 aliphatic carbocycles. The first kappa shape index (κ1) is 12.5. The Morgan fingerprint density at radius 1 is 0.905 bits per heavy atom. The van der Waals surface area contributed by atoms with Crippen LogP contribution in [-0.2, 0) is 5.41 Å². The van der Waals surface area contributed by atoms with Crippen molar-refractivity contribution in [3.05, 3.63) is 78.0 Å². The van der Waals surface area contributed by atoms with Gasteiger partial charge in [0.1, 0.15) is 0 Å². The zero-order chi connectivity index (χ0) is 14.3. The van der Waals surface area contributed by atoms with E-state index in [0.29, 0.717) is 0 Å². The van der Waals surface area contributed by atoms with Gasteiger partial charge in [-0.2, -0.15) is 0 Å². The van der Waals surface area contributed by atoms with Gasteiger partial charge >= 0.3 is 0 Å². The number of hydrogen-bond acceptors (Lipinski definition) is 2. The molecule has 1 saturated carbocycles. The molecule has 104 valence electrons. The molecule has 0 bridgehead atoms. The van der Waals surface area contributed by atoms with Gasteiger partial charge in [-0.25, -0.2) is 0 Å². The zero-order valence-corrected chi connectivity index (χ0v) is 11.9. The average molecular weight is 274 g/mol. The Balaban J connectivity index is 1.83. The molecule has 1 heterocycles. The number of fused-ring (bicyclic) bond motifs is 1. The fraction of sp³-hybridized carbons (Fsp3) is 0.211. The highest BCUT2D eigenvalue weighted by atomic mass is 14.8. The normalized spacial score (nSPS) is 17.6. The van der Waals surface area contributed by atoms with Gasteiger partial charge in [-0.1, -0.05) is 54.6 Å². The topological polar surface area (TPSA) is 38.9 Å². The summed E-state index contributed by atoms with van der Waals surface area (Å²) in [5.41, 5.74) is 10.3. The van der Waals surface area contributed by atoms with Crippen molar-refractivity contribution in [2.24, 2.45) is 5.73 Å². The van der Waals surface area contributed by atoms with Crippen molar-refractivity contribution in [1.82, 2.24) is 4.98 Å². The van der Waals surface area contributed by atoms with Crippen LogP contribution in [0.2, 0.25) is 0 Å². The lowest BCUT2D eigenvalue weighted by Gasteiger charge is -2.25. The van der Waals surface area contributed by atoms with Crippen molar-refractivity contribution < 1.29 is 0 Å². The van der Waals surface area contributed by atoms with Crippen molar-refractivity contribution in [1.29, 1.82) is 0 Å². The van der Waals surface area contributed by atoms with Gasteiger partial charge in [0.15, 0.2) is 0 Å².